The number of furan rings is 1. The second kappa shape index (κ2) is 8.99. The predicted molar refractivity (Wildman–Crippen MR) is 124 cm³/mol. The number of methoxy groups -OCH3 is 2. The maximum Gasteiger partial charge on any atom is 0.197 e. The van der Waals surface area contributed by atoms with Crippen molar-refractivity contribution in [2.24, 2.45) is 0 Å². The average Bonchev–Trinajstić information content (AvgIpc) is 3.36. The highest BCUT2D eigenvalue weighted by Crippen LogP contribution is 2.45. The number of benzene rings is 2. The minimum atomic E-state index is -1.63. The summed E-state index contributed by atoms with van der Waals surface area (Å²) in [5.41, 5.74) is 0.539. The zero-order chi connectivity index (χ0) is 24.9. The number of aliphatic hydroxyl groups excluding tert-OH is 4. The monoisotopic (exact) mass is 484 g/mol. The minimum absolute atomic E-state index is 0.0203. The van der Waals surface area contributed by atoms with E-state index < -0.39 is 42.6 Å². The molecule has 184 valence electrons. The van der Waals surface area contributed by atoms with Gasteiger partial charge in [-0.05, 0) is 30.3 Å². The van der Waals surface area contributed by atoms with E-state index in [9.17, 15) is 25.2 Å². The summed E-state index contributed by atoms with van der Waals surface area (Å²) in [6.07, 6.45) is -5.89. The van der Waals surface area contributed by atoms with Gasteiger partial charge in [-0.25, -0.2) is 0 Å². The molecule has 0 amide bonds. The molecule has 0 bridgehead atoms. The zero-order valence-electron chi connectivity index (χ0n) is 18.9. The van der Waals surface area contributed by atoms with E-state index in [1.54, 1.807) is 37.4 Å². The number of aliphatic hydroxyl groups is 4. The Balaban J connectivity index is 1.82. The maximum atomic E-state index is 13.4. The van der Waals surface area contributed by atoms with Gasteiger partial charge >= 0.3 is 0 Å². The van der Waals surface area contributed by atoms with Crippen LogP contribution in [0.2, 0.25) is 0 Å². The van der Waals surface area contributed by atoms with E-state index >= 15 is 0 Å². The smallest absolute Gasteiger partial charge is 0.197 e. The van der Waals surface area contributed by atoms with Crippen molar-refractivity contribution in [3.05, 3.63) is 58.4 Å². The first-order valence-corrected chi connectivity index (χ1v) is 10.9. The molecule has 0 aliphatic carbocycles. The van der Waals surface area contributed by atoms with Crippen molar-refractivity contribution in [1.29, 1.82) is 0 Å². The lowest BCUT2D eigenvalue weighted by Crippen LogP contribution is -2.55. The Bertz CT molecular complexity index is 1420. The quantitative estimate of drug-likeness (QED) is 0.330. The average molecular weight is 484 g/mol. The summed E-state index contributed by atoms with van der Waals surface area (Å²) < 4.78 is 28.4. The van der Waals surface area contributed by atoms with Crippen LogP contribution in [-0.4, -0.2) is 65.7 Å². The largest absolute Gasteiger partial charge is 0.497 e. The van der Waals surface area contributed by atoms with Gasteiger partial charge in [0, 0.05) is 11.6 Å². The van der Waals surface area contributed by atoms with Crippen molar-refractivity contribution in [2.75, 3.05) is 20.8 Å². The first-order valence-electron chi connectivity index (χ1n) is 10.9. The van der Waals surface area contributed by atoms with Gasteiger partial charge in [-0.2, -0.15) is 0 Å². The lowest BCUT2D eigenvalue weighted by atomic mass is 9.89. The minimum Gasteiger partial charge on any atom is -0.497 e. The molecule has 5 rings (SSSR count). The van der Waals surface area contributed by atoms with E-state index in [2.05, 4.69) is 0 Å². The Labute approximate surface area is 198 Å². The van der Waals surface area contributed by atoms with Gasteiger partial charge in [0.1, 0.15) is 58.7 Å². The van der Waals surface area contributed by atoms with Crippen molar-refractivity contribution in [1.82, 2.24) is 0 Å². The lowest BCUT2D eigenvalue weighted by molar-refractivity contribution is -0.231. The summed E-state index contributed by atoms with van der Waals surface area (Å²) >= 11 is 0. The molecule has 2 aromatic carbocycles. The van der Waals surface area contributed by atoms with E-state index in [1.165, 1.54) is 19.4 Å². The lowest BCUT2D eigenvalue weighted by Gasteiger charge is -2.40. The highest BCUT2D eigenvalue weighted by molar-refractivity contribution is 6.05. The number of ether oxygens (including phenoxy) is 3. The van der Waals surface area contributed by atoms with Crippen molar-refractivity contribution in [3.63, 3.8) is 0 Å². The molecule has 0 radical (unpaired) electrons. The molecule has 1 aliphatic rings. The van der Waals surface area contributed by atoms with Gasteiger partial charge in [0.25, 0.3) is 0 Å². The van der Waals surface area contributed by atoms with Gasteiger partial charge in [0.15, 0.2) is 11.0 Å². The second-order valence-corrected chi connectivity index (χ2v) is 8.27. The summed E-state index contributed by atoms with van der Waals surface area (Å²) in [7, 11) is 2.95. The van der Waals surface area contributed by atoms with Crippen molar-refractivity contribution >= 4 is 21.9 Å². The van der Waals surface area contributed by atoms with Crippen LogP contribution in [0, 0.1) is 0 Å². The Hall–Kier alpha value is -3.41. The summed E-state index contributed by atoms with van der Waals surface area (Å²) in [5.74, 6) is 1.06. The van der Waals surface area contributed by atoms with Crippen LogP contribution in [0.1, 0.15) is 11.7 Å². The van der Waals surface area contributed by atoms with Crippen LogP contribution in [0.15, 0.2) is 56.3 Å². The molecule has 10 nitrogen and oxygen atoms in total. The van der Waals surface area contributed by atoms with Crippen LogP contribution in [0.25, 0.3) is 33.3 Å². The Kier molecular flexibility index (Phi) is 5.99. The molecule has 3 heterocycles. The van der Waals surface area contributed by atoms with Gasteiger partial charge in [-0.3, -0.25) is 4.79 Å². The normalized spacial score (nSPS) is 24.7. The number of rotatable bonds is 5. The zero-order valence-corrected chi connectivity index (χ0v) is 18.9. The van der Waals surface area contributed by atoms with E-state index in [-0.39, 0.29) is 33.6 Å². The van der Waals surface area contributed by atoms with Gasteiger partial charge in [-0.1, -0.05) is 0 Å². The molecule has 1 saturated heterocycles. The molecule has 2 aromatic heterocycles. The molecule has 1 fully saturated rings. The van der Waals surface area contributed by atoms with Crippen LogP contribution in [-0.2, 0) is 4.74 Å². The first kappa shape index (κ1) is 23.3. The molecule has 4 aromatic rings. The fourth-order valence-electron chi connectivity index (χ4n) is 4.54. The molecular weight excluding hydrogens is 460 g/mol. The molecule has 0 saturated carbocycles. The van der Waals surface area contributed by atoms with Gasteiger partial charge in [0.05, 0.1) is 38.0 Å². The van der Waals surface area contributed by atoms with E-state index in [4.69, 9.17) is 23.0 Å². The molecule has 10 heteroatoms. The fourth-order valence-corrected chi connectivity index (χ4v) is 4.54. The summed E-state index contributed by atoms with van der Waals surface area (Å²) in [6.45, 7) is -0.613. The second-order valence-electron chi connectivity index (χ2n) is 8.27. The predicted octanol–water partition coefficient (Wildman–Crippen LogP) is 1.74. The third-order valence-electron chi connectivity index (χ3n) is 6.33. The molecule has 4 N–H and O–H groups in total. The Morgan fingerprint density at radius 2 is 1.69 bits per heavy atom. The SMILES string of the molecule is COc1ccc(-c2cc(=O)c3c(OC)c4ccoc4c([C@@H]4O[C@H](CO)[C@@H](O)[C@H](O)[C@H]4O)c3o2)cc1. The third kappa shape index (κ3) is 3.67. The van der Waals surface area contributed by atoms with Crippen LogP contribution in [0.4, 0.5) is 0 Å². The highest BCUT2D eigenvalue weighted by Gasteiger charge is 2.46. The highest BCUT2D eigenvalue weighted by atomic mass is 16.5. The van der Waals surface area contributed by atoms with Gasteiger partial charge in [-0.15, -0.1) is 0 Å². The molecule has 0 unspecified atom stereocenters. The summed E-state index contributed by atoms with van der Waals surface area (Å²) in [5, 5.41) is 41.7. The standard InChI is InChI=1S/C25H24O10/c1-31-12-5-3-11(4-6-12)15-9-14(27)17-22(32-2)13-7-8-33-23(13)18(24(17)34-15)25-21(30)20(29)19(28)16(10-26)35-25/h3-9,16,19-21,25-26,28-30H,10H2,1-2H3/t16-,19-,20+,21-,25+/m1/s1. The van der Waals surface area contributed by atoms with E-state index in [0.29, 0.717) is 16.7 Å². The summed E-state index contributed by atoms with van der Waals surface area (Å²) in [6, 6.07) is 9.80. The molecule has 1 aliphatic heterocycles. The fraction of sp³-hybridized carbons (Fsp3) is 0.320. The van der Waals surface area contributed by atoms with Crippen LogP contribution >= 0.6 is 0 Å². The molecular formula is C25H24O10. The van der Waals surface area contributed by atoms with E-state index in [1.807, 2.05) is 0 Å². The third-order valence-corrected chi connectivity index (χ3v) is 6.33. The number of hydrogen-bond acceptors (Lipinski definition) is 10. The topological polar surface area (TPSA) is 152 Å². The van der Waals surface area contributed by atoms with E-state index in [0.717, 1.165) is 0 Å². The van der Waals surface area contributed by atoms with Crippen LogP contribution < -0.4 is 14.9 Å². The van der Waals surface area contributed by atoms with Gasteiger partial charge < -0.3 is 43.5 Å². The summed E-state index contributed by atoms with van der Waals surface area (Å²) in [4.78, 5) is 13.4. The van der Waals surface area contributed by atoms with Crippen LogP contribution in [0.5, 0.6) is 11.5 Å². The number of hydrogen-bond donors (Lipinski definition) is 4. The first-order chi connectivity index (χ1) is 16.9. The Morgan fingerprint density at radius 3 is 2.34 bits per heavy atom. The molecule has 5 atom stereocenters. The van der Waals surface area contributed by atoms with Crippen molar-refractivity contribution in [2.45, 2.75) is 30.5 Å². The molecule has 35 heavy (non-hydrogen) atoms. The maximum absolute atomic E-state index is 13.4. The Morgan fingerprint density at radius 1 is 0.943 bits per heavy atom. The van der Waals surface area contributed by atoms with Crippen molar-refractivity contribution in [3.8, 4) is 22.8 Å². The van der Waals surface area contributed by atoms with Crippen LogP contribution in [0.3, 0.4) is 0 Å². The number of fused-ring (bicyclic) bond motifs is 2. The van der Waals surface area contributed by atoms with Gasteiger partial charge in [0.2, 0.25) is 0 Å². The van der Waals surface area contributed by atoms with Crippen molar-refractivity contribution < 1.29 is 43.5 Å². The molecule has 0 spiro atoms.